The van der Waals surface area contributed by atoms with Crippen LogP contribution in [0.2, 0.25) is 0 Å². The van der Waals surface area contributed by atoms with Crippen LogP contribution in [-0.2, 0) is 11.2 Å². The Balaban J connectivity index is 1.61. The van der Waals surface area contributed by atoms with Gasteiger partial charge in [0.2, 0.25) is 5.91 Å². The lowest BCUT2D eigenvalue weighted by Gasteiger charge is -2.12. The second-order valence-electron chi connectivity index (χ2n) is 5.86. The number of hydrogen-bond donors (Lipinski definition) is 1. The molecule has 0 aliphatic carbocycles. The minimum absolute atomic E-state index is 0.0769. The number of carbonyl (C=O) groups excluding carboxylic acids is 1. The summed E-state index contributed by atoms with van der Waals surface area (Å²) < 4.78 is 19.7. The third kappa shape index (κ3) is 4.14. The summed E-state index contributed by atoms with van der Waals surface area (Å²) in [5.74, 6) is 0.0647. The van der Waals surface area contributed by atoms with Crippen molar-refractivity contribution in [3.63, 3.8) is 0 Å². The van der Waals surface area contributed by atoms with Crippen LogP contribution in [0.4, 0.5) is 4.39 Å². The topological polar surface area (TPSA) is 51.2 Å². The molecule has 2 aromatic carbocycles. The molecule has 1 amide bonds. The van der Waals surface area contributed by atoms with Gasteiger partial charge >= 0.3 is 0 Å². The average Bonchev–Trinajstić information content (AvgIpc) is 3.04. The Hall–Kier alpha value is -2.47. The molecule has 0 aliphatic rings. The second kappa shape index (κ2) is 7.61. The molecule has 25 heavy (non-hydrogen) atoms. The van der Waals surface area contributed by atoms with Crippen molar-refractivity contribution < 1.29 is 13.9 Å². The van der Waals surface area contributed by atoms with Crippen LogP contribution in [-0.4, -0.2) is 24.5 Å². The molecule has 0 radical (unpaired) electrons. The first kappa shape index (κ1) is 17.4. The van der Waals surface area contributed by atoms with Gasteiger partial charge in [-0.1, -0.05) is 19.1 Å². The van der Waals surface area contributed by atoms with E-state index in [1.807, 2.05) is 31.2 Å². The summed E-state index contributed by atoms with van der Waals surface area (Å²) in [6.07, 6.45) is 0.0769. The van der Waals surface area contributed by atoms with Gasteiger partial charge in [0.15, 0.2) is 0 Å². The molecule has 1 unspecified atom stereocenters. The largest absolute Gasteiger partial charge is 0.496 e. The number of methoxy groups -OCH3 is 1. The van der Waals surface area contributed by atoms with Crippen LogP contribution in [0.1, 0.15) is 23.4 Å². The molecule has 6 heteroatoms. The minimum Gasteiger partial charge on any atom is -0.496 e. The van der Waals surface area contributed by atoms with Gasteiger partial charge in [-0.05, 0) is 30.3 Å². The van der Waals surface area contributed by atoms with E-state index in [1.165, 1.54) is 25.3 Å². The number of nitrogens with one attached hydrogen (secondary N) is 1. The van der Waals surface area contributed by atoms with Crippen molar-refractivity contribution in [1.29, 1.82) is 0 Å². The van der Waals surface area contributed by atoms with E-state index in [0.29, 0.717) is 17.9 Å². The standard InChI is InChI=1S/C19H19FN2O2S/c1-12(19-22-15-5-3-4-6-17(15)25-19)11-21-18(23)10-13-9-14(20)7-8-16(13)24-2/h3-9,12H,10-11H2,1-2H3,(H,21,23). The quantitative estimate of drug-likeness (QED) is 0.727. The zero-order valence-corrected chi connectivity index (χ0v) is 14.9. The van der Waals surface area contributed by atoms with Crippen molar-refractivity contribution in [1.82, 2.24) is 10.3 Å². The van der Waals surface area contributed by atoms with Crippen molar-refractivity contribution in [2.75, 3.05) is 13.7 Å². The lowest BCUT2D eigenvalue weighted by molar-refractivity contribution is -0.120. The van der Waals surface area contributed by atoms with Gasteiger partial charge in [0.25, 0.3) is 0 Å². The van der Waals surface area contributed by atoms with Crippen LogP contribution >= 0.6 is 11.3 Å². The Morgan fingerprint density at radius 1 is 1.32 bits per heavy atom. The van der Waals surface area contributed by atoms with Gasteiger partial charge in [0.1, 0.15) is 11.6 Å². The minimum atomic E-state index is -0.383. The smallest absolute Gasteiger partial charge is 0.224 e. The molecule has 0 saturated heterocycles. The number of halogens is 1. The zero-order chi connectivity index (χ0) is 17.8. The molecule has 4 nitrogen and oxygen atoms in total. The molecule has 1 heterocycles. The third-order valence-corrected chi connectivity index (χ3v) is 5.20. The average molecular weight is 358 g/mol. The van der Waals surface area contributed by atoms with Crippen LogP contribution in [0.5, 0.6) is 5.75 Å². The molecule has 0 fully saturated rings. The van der Waals surface area contributed by atoms with Crippen LogP contribution in [0.15, 0.2) is 42.5 Å². The zero-order valence-electron chi connectivity index (χ0n) is 14.1. The molecule has 3 rings (SSSR count). The highest BCUT2D eigenvalue weighted by molar-refractivity contribution is 7.18. The maximum Gasteiger partial charge on any atom is 0.224 e. The van der Waals surface area contributed by atoms with Crippen molar-refractivity contribution in [3.05, 3.63) is 58.9 Å². The van der Waals surface area contributed by atoms with Gasteiger partial charge < -0.3 is 10.1 Å². The fourth-order valence-electron chi connectivity index (χ4n) is 2.58. The van der Waals surface area contributed by atoms with E-state index in [0.717, 1.165) is 15.2 Å². The Kier molecular flexibility index (Phi) is 5.28. The number of nitrogens with zero attached hydrogens (tertiary/aromatic N) is 1. The highest BCUT2D eigenvalue weighted by atomic mass is 32.1. The number of hydrogen-bond acceptors (Lipinski definition) is 4. The first-order chi connectivity index (χ1) is 12.1. The number of benzene rings is 2. The molecule has 3 aromatic rings. The first-order valence-corrected chi connectivity index (χ1v) is 8.83. The van der Waals surface area contributed by atoms with Gasteiger partial charge in [0, 0.05) is 18.0 Å². The van der Waals surface area contributed by atoms with E-state index < -0.39 is 0 Å². The van der Waals surface area contributed by atoms with Crippen molar-refractivity contribution >= 4 is 27.5 Å². The van der Waals surface area contributed by atoms with Crippen molar-refractivity contribution in [2.24, 2.45) is 0 Å². The number of fused-ring (bicyclic) bond motifs is 1. The summed E-state index contributed by atoms with van der Waals surface area (Å²) in [7, 11) is 1.50. The second-order valence-corrected chi connectivity index (χ2v) is 6.92. The summed E-state index contributed by atoms with van der Waals surface area (Å²) in [4.78, 5) is 16.8. The summed E-state index contributed by atoms with van der Waals surface area (Å²) in [5, 5.41) is 3.88. The lowest BCUT2D eigenvalue weighted by atomic mass is 10.1. The van der Waals surface area contributed by atoms with Crippen LogP contribution in [0.25, 0.3) is 10.2 Å². The van der Waals surface area contributed by atoms with E-state index in [4.69, 9.17) is 4.74 Å². The molecular weight excluding hydrogens is 339 g/mol. The molecule has 0 saturated carbocycles. The van der Waals surface area contributed by atoms with Crippen LogP contribution in [0.3, 0.4) is 0 Å². The molecule has 130 valence electrons. The fraction of sp³-hybridized carbons (Fsp3) is 0.263. The maximum absolute atomic E-state index is 13.4. The Bertz CT molecular complexity index is 861. The Morgan fingerprint density at radius 3 is 2.88 bits per heavy atom. The van der Waals surface area contributed by atoms with Crippen LogP contribution < -0.4 is 10.1 Å². The highest BCUT2D eigenvalue weighted by Crippen LogP contribution is 2.27. The van der Waals surface area contributed by atoms with E-state index in [1.54, 1.807) is 11.3 Å². The van der Waals surface area contributed by atoms with Crippen LogP contribution in [0, 0.1) is 5.82 Å². The highest BCUT2D eigenvalue weighted by Gasteiger charge is 2.14. The van der Waals surface area contributed by atoms with Crippen molar-refractivity contribution in [3.8, 4) is 5.75 Å². The van der Waals surface area contributed by atoms with Crippen molar-refractivity contribution in [2.45, 2.75) is 19.3 Å². The summed E-state index contributed by atoms with van der Waals surface area (Å²) in [6, 6.07) is 12.1. The number of amides is 1. The third-order valence-electron chi connectivity index (χ3n) is 3.93. The number of aromatic nitrogens is 1. The first-order valence-electron chi connectivity index (χ1n) is 8.01. The number of ether oxygens (including phenoxy) is 1. The number of rotatable bonds is 6. The monoisotopic (exact) mass is 358 g/mol. The SMILES string of the molecule is COc1ccc(F)cc1CC(=O)NCC(C)c1nc2ccccc2s1. The Morgan fingerprint density at radius 2 is 2.12 bits per heavy atom. The van der Waals surface area contributed by atoms with Gasteiger partial charge in [-0.25, -0.2) is 9.37 Å². The summed E-state index contributed by atoms with van der Waals surface area (Å²) in [5.41, 5.74) is 1.51. The van der Waals surface area contributed by atoms with Gasteiger partial charge in [-0.3, -0.25) is 4.79 Å². The molecule has 0 spiro atoms. The predicted octanol–water partition coefficient (Wildman–Crippen LogP) is 3.91. The van der Waals surface area contributed by atoms with E-state index in [-0.39, 0.29) is 24.1 Å². The summed E-state index contributed by atoms with van der Waals surface area (Å²) in [6.45, 7) is 2.51. The molecule has 1 N–H and O–H groups in total. The summed E-state index contributed by atoms with van der Waals surface area (Å²) >= 11 is 1.64. The number of thiazole rings is 1. The molecule has 1 atom stereocenters. The number of carbonyl (C=O) groups is 1. The molecule has 0 bridgehead atoms. The molecule has 0 aliphatic heterocycles. The number of para-hydroxylation sites is 1. The van der Waals surface area contributed by atoms with E-state index in [9.17, 15) is 9.18 Å². The van der Waals surface area contributed by atoms with E-state index in [2.05, 4.69) is 10.3 Å². The van der Waals surface area contributed by atoms with E-state index >= 15 is 0 Å². The predicted molar refractivity (Wildman–Crippen MR) is 97.7 cm³/mol. The normalized spacial score (nSPS) is 12.1. The maximum atomic E-state index is 13.4. The molecule has 1 aromatic heterocycles. The van der Waals surface area contributed by atoms with Gasteiger partial charge in [0.05, 0.1) is 28.8 Å². The van der Waals surface area contributed by atoms with Gasteiger partial charge in [-0.2, -0.15) is 0 Å². The Labute approximate surface area is 149 Å². The lowest BCUT2D eigenvalue weighted by Crippen LogP contribution is -2.29. The van der Waals surface area contributed by atoms with Gasteiger partial charge in [-0.15, -0.1) is 11.3 Å². The fourth-order valence-corrected chi connectivity index (χ4v) is 3.59. The molecular formula is C19H19FN2O2S.